The summed E-state index contributed by atoms with van der Waals surface area (Å²) in [5, 5.41) is 11.5. The van der Waals surface area contributed by atoms with Crippen LogP contribution in [0.4, 0.5) is 0 Å². The summed E-state index contributed by atoms with van der Waals surface area (Å²) in [7, 11) is -3.61. The van der Waals surface area contributed by atoms with Gasteiger partial charge < -0.3 is 5.32 Å². The smallest absolute Gasteiger partial charge is 0.251 e. The molecule has 3 rings (SSSR count). The van der Waals surface area contributed by atoms with Crippen molar-refractivity contribution >= 4 is 15.9 Å². The lowest BCUT2D eigenvalue weighted by Crippen LogP contribution is -2.27. The summed E-state index contributed by atoms with van der Waals surface area (Å²) < 4.78 is 27.2. The first-order valence-electron chi connectivity index (χ1n) is 8.35. The molecule has 6 nitrogen and oxygen atoms in total. The number of nitriles is 1. The van der Waals surface area contributed by atoms with Gasteiger partial charge in [0.15, 0.2) is 0 Å². The highest BCUT2D eigenvalue weighted by Crippen LogP contribution is 2.28. The molecule has 0 unspecified atom stereocenters. The number of sulfonamides is 1. The van der Waals surface area contributed by atoms with Gasteiger partial charge in [0.1, 0.15) is 0 Å². The third kappa shape index (κ3) is 4.69. The molecule has 1 amide bonds. The van der Waals surface area contributed by atoms with Crippen molar-refractivity contribution in [2.75, 3.05) is 6.54 Å². The Hall–Kier alpha value is -2.69. The first kappa shape index (κ1) is 18.1. The normalized spacial score (nSPS) is 13.8. The molecule has 0 spiro atoms. The molecule has 0 heterocycles. The minimum atomic E-state index is -3.61. The molecule has 1 aliphatic rings. The Bertz CT molecular complexity index is 943. The number of carbonyl (C=O) groups excluding carboxylic acids is 1. The molecule has 0 aliphatic heterocycles. The van der Waals surface area contributed by atoms with Gasteiger partial charge in [-0.05, 0) is 54.7 Å². The van der Waals surface area contributed by atoms with Crippen LogP contribution in [0.1, 0.15) is 34.3 Å². The first-order valence-corrected chi connectivity index (χ1v) is 9.83. The molecular weight excluding hydrogens is 350 g/mol. The van der Waals surface area contributed by atoms with E-state index in [-0.39, 0.29) is 16.4 Å². The van der Waals surface area contributed by atoms with Crippen molar-refractivity contribution < 1.29 is 13.2 Å². The highest BCUT2D eigenvalue weighted by molar-refractivity contribution is 7.89. The fraction of sp³-hybridized carbons (Fsp3) is 0.263. The van der Waals surface area contributed by atoms with Crippen LogP contribution in [0, 0.1) is 17.2 Å². The van der Waals surface area contributed by atoms with E-state index >= 15 is 0 Å². The van der Waals surface area contributed by atoms with Gasteiger partial charge in [-0.2, -0.15) is 5.26 Å². The average molecular weight is 369 g/mol. The third-order valence-electron chi connectivity index (χ3n) is 4.20. The van der Waals surface area contributed by atoms with Gasteiger partial charge in [-0.25, -0.2) is 13.1 Å². The van der Waals surface area contributed by atoms with Gasteiger partial charge in [0.05, 0.1) is 16.5 Å². The second kappa shape index (κ2) is 7.68. The number of benzene rings is 2. The maximum atomic E-state index is 12.3. The fourth-order valence-electron chi connectivity index (χ4n) is 2.42. The molecule has 0 bridgehead atoms. The van der Waals surface area contributed by atoms with Crippen LogP contribution in [0.15, 0.2) is 53.4 Å². The van der Waals surface area contributed by atoms with Gasteiger partial charge in [0, 0.05) is 18.7 Å². The Morgan fingerprint density at radius 1 is 1.15 bits per heavy atom. The highest BCUT2D eigenvalue weighted by Gasteiger charge is 2.24. The molecule has 134 valence electrons. The molecule has 2 aromatic carbocycles. The lowest BCUT2D eigenvalue weighted by Gasteiger charge is -2.09. The Kier molecular flexibility index (Phi) is 5.35. The monoisotopic (exact) mass is 369 g/mol. The lowest BCUT2D eigenvalue weighted by atomic mass is 10.1. The average Bonchev–Trinajstić information content (AvgIpc) is 3.49. The SMILES string of the molecule is N#Cc1ccc(CNC(=O)c2cccc(S(=O)(=O)NCC3CC3)c2)cc1. The van der Waals surface area contributed by atoms with Crippen molar-refractivity contribution in [3.63, 3.8) is 0 Å². The zero-order chi connectivity index (χ0) is 18.6. The Balaban J connectivity index is 1.64. The van der Waals surface area contributed by atoms with Crippen molar-refractivity contribution in [1.29, 1.82) is 5.26 Å². The number of hydrogen-bond donors (Lipinski definition) is 2. The fourth-order valence-corrected chi connectivity index (χ4v) is 3.58. The van der Waals surface area contributed by atoms with E-state index in [0.717, 1.165) is 18.4 Å². The van der Waals surface area contributed by atoms with E-state index in [1.165, 1.54) is 12.1 Å². The highest BCUT2D eigenvalue weighted by atomic mass is 32.2. The molecule has 1 fully saturated rings. The lowest BCUT2D eigenvalue weighted by molar-refractivity contribution is 0.0950. The third-order valence-corrected chi connectivity index (χ3v) is 5.62. The summed E-state index contributed by atoms with van der Waals surface area (Å²) >= 11 is 0. The van der Waals surface area contributed by atoms with Crippen LogP contribution in [0.3, 0.4) is 0 Å². The minimum absolute atomic E-state index is 0.0872. The van der Waals surface area contributed by atoms with Gasteiger partial charge in [0.25, 0.3) is 5.91 Å². The number of rotatable bonds is 7. The number of amides is 1. The van der Waals surface area contributed by atoms with Crippen LogP contribution in [-0.2, 0) is 16.6 Å². The number of hydrogen-bond acceptors (Lipinski definition) is 4. The molecule has 0 saturated heterocycles. The van der Waals surface area contributed by atoms with E-state index in [1.54, 1.807) is 36.4 Å². The largest absolute Gasteiger partial charge is 0.348 e. The predicted octanol–water partition coefficient (Wildman–Crippen LogP) is 2.18. The Labute approximate surface area is 152 Å². The molecule has 0 aromatic heterocycles. The van der Waals surface area contributed by atoms with Crippen molar-refractivity contribution in [2.24, 2.45) is 5.92 Å². The minimum Gasteiger partial charge on any atom is -0.348 e. The van der Waals surface area contributed by atoms with Crippen LogP contribution >= 0.6 is 0 Å². The Morgan fingerprint density at radius 2 is 1.88 bits per heavy atom. The molecule has 2 N–H and O–H groups in total. The molecular formula is C19H19N3O3S. The van der Waals surface area contributed by atoms with E-state index in [0.29, 0.717) is 24.6 Å². The van der Waals surface area contributed by atoms with Crippen LogP contribution in [0.2, 0.25) is 0 Å². The number of nitrogens with zero attached hydrogens (tertiary/aromatic N) is 1. The van der Waals surface area contributed by atoms with Gasteiger partial charge in [-0.1, -0.05) is 18.2 Å². The zero-order valence-electron chi connectivity index (χ0n) is 14.1. The first-order chi connectivity index (χ1) is 12.5. The summed E-state index contributed by atoms with van der Waals surface area (Å²) in [5.74, 6) is 0.0808. The summed E-state index contributed by atoms with van der Waals surface area (Å²) in [6.45, 7) is 0.735. The maximum absolute atomic E-state index is 12.3. The van der Waals surface area contributed by atoms with E-state index in [4.69, 9.17) is 5.26 Å². The van der Waals surface area contributed by atoms with Crippen LogP contribution in [-0.4, -0.2) is 20.9 Å². The number of nitrogens with one attached hydrogen (secondary N) is 2. The van der Waals surface area contributed by atoms with Crippen molar-refractivity contribution in [3.05, 3.63) is 65.2 Å². The molecule has 26 heavy (non-hydrogen) atoms. The van der Waals surface area contributed by atoms with Crippen LogP contribution in [0.25, 0.3) is 0 Å². The van der Waals surface area contributed by atoms with E-state index in [9.17, 15) is 13.2 Å². The van der Waals surface area contributed by atoms with Crippen molar-refractivity contribution in [2.45, 2.75) is 24.3 Å². The summed E-state index contributed by atoms with van der Waals surface area (Å²) in [5.41, 5.74) is 1.69. The molecule has 2 aromatic rings. The summed E-state index contributed by atoms with van der Waals surface area (Å²) in [4.78, 5) is 12.4. The number of carbonyl (C=O) groups is 1. The predicted molar refractivity (Wildman–Crippen MR) is 96.7 cm³/mol. The standard InChI is InChI=1S/C19H19N3O3S/c20-11-14-4-6-15(7-5-14)12-21-19(23)17-2-1-3-18(10-17)26(24,25)22-13-16-8-9-16/h1-7,10,16,22H,8-9,12-13H2,(H,21,23). The van der Waals surface area contributed by atoms with Gasteiger partial charge in [-0.15, -0.1) is 0 Å². The molecule has 0 atom stereocenters. The topological polar surface area (TPSA) is 99.1 Å². The van der Waals surface area contributed by atoms with Gasteiger partial charge >= 0.3 is 0 Å². The van der Waals surface area contributed by atoms with Gasteiger partial charge in [0.2, 0.25) is 10.0 Å². The van der Waals surface area contributed by atoms with Crippen LogP contribution in [0.5, 0.6) is 0 Å². The van der Waals surface area contributed by atoms with Gasteiger partial charge in [-0.3, -0.25) is 4.79 Å². The second-order valence-corrected chi connectivity index (χ2v) is 8.08. The molecule has 1 saturated carbocycles. The maximum Gasteiger partial charge on any atom is 0.251 e. The van der Waals surface area contributed by atoms with Crippen molar-refractivity contribution in [3.8, 4) is 6.07 Å². The summed E-state index contributed by atoms with van der Waals surface area (Å²) in [6, 6.07) is 14.9. The van der Waals surface area contributed by atoms with E-state index in [1.807, 2.05) is 6.07 Å². The zero-order valence-corrected chi connectivity index (χ0v) is 14.9. The van der Waals surface area contributed by atoms with E-state index < -0.39 is 10.0 Å². The van der Waals surface area contributed by atoms with Crippen molar-refractivity contribution in [1.82, 2.24) is 10.0 Å². The molecule has 0 radical (unpaired) electrons. The molecule has 1 aliphatic carbocycles. The molecule has 7 heteroatoms. The Morgan fingerprint density at radius 3 is 2.54 bits per heavy atom. The van der Waals surface area contributed by atoms with E-state index in [2.05, 4.69) is 10.0 Å². The quantitative estimate of drug-likeness (QED) is 0.781. The van der Waals surface area contributed by atoms with Crippen LogP contribution < -0.4 is 10.0 Å². The second-order valence-electron chi connectivity index (χ2n) is 6.31. The summed E-state index contributed by atoms with van der Waals surface area (Å²) in [6.07, 6.45) is 2.11.